The van der Waals surface area contributed by atoms with Gasteiger partial charge in [-0.05, 0) is 18.5 Å². The summed E-state index contributed by atoms with van der Waals surface area (Å²) in [6.45, 7) is 2.03. The molecule has 0 saturated carbocycles. The molecule has 5 nitrogen and oxygen atoms in total. The van der Waals surface area contributed by atoms with E-state index < -0.39 is 5.97 Å². The minimum atomic E-state index is -0.495. The van der Waals surface area contributed by atoms with Crippen LogP contribution in [0.5, 0.6) is 0 Å². The molecular formula is C9H12ClN3O2. The summed E-state index contributed by atoms with van der Waals surface area (Å²) in [5.74, 6) is -0.495. The molecule has 1 rings (SSSR count). The van der Waals surface area contributed by atoms with Gasteiger partial charge in [-0.1, -0.05) is 0 Å². The van der Waals surface area contributed by atoms with E-state index in [9.17, 15) is 4.79 Å². The normalized spacial score (nSPS) is 9.87. The van der Waals surface area contributed by atoms with Gasteiger partial charge >= 0.3 is 5.97 Å². The Labute approximate surface area is 93.0 Å². The number of aromatic nitrogens is 2. The maximum Gasteiger partial charge on any atom is 0.359 e. The van der Waals surface area contributed by atoms with Crippen LogP contribution in [0, 0.1) is 0 Å². The van der Waals surface area contributed by atoms with Crippen LogP contribution in [0.25, 0.3) is 0 Å². The number of hydrogen-bond acceptors (Lipinski definition) is 5. The highest BCUT2D eigenvalue weighted by Crippen LogP contribution is 2.17. The fourth-order valence-electron chi connectivity index (χ4n) is 1.03. The van der Waals surface area contributed by atoms with Crippen LogP contribution in [0.3, 0.4) is 0 Å². The van der Waals surface area contributed by atoms with E-state index in [1.165, 1.54) is 6.20 Å². The summed E-state index contributed by atoms with van der Waals surface area (Å²) in [5, 5.41) is 0.0312. The lowest BCUT2D eigenvalue weighted by Crippen LogP contribution is -2.17. The van der Waals surface area contributed by atoms with Gasteiger partial charge in [0.05, 0.1) is 18.5 Å². The first-order valence-corrected chi connectivity index (χ1v) is 4.81. The highest BCUT2D eigenvalue weighted by Gasteiger charge is 2.17. The molecule has 0 aliphatic rings. The van der Waals surface area contributed by atoms with Crippen LogP contribution in [0.15, 0.2) is 6.20 Å². The fraction of sp³-hybridized carbons (Fsp3) is 0.444. The molecule has 0 amide bonds. The van der Waals surface area contributed by atoms with E-state index >= 15 is 0 Å². The molecule has 6 heteroatoms. The Morgan fingerprint density at radius 2 is 2.27 bits per heavy atom. The van der Waals surface area contributed by atoms with Crippen molar-refractivity contribution in [3.63, 3.8) is 0 Å². The van der Waals surface area contributed by atoms with E-state index in [4.69, 9.17) is 16.3 Å². The van der Waals surface area contributed by atoms with Crippen molar-refractivity contribution in [2.45, 2.75) is 6.92 Å². The second kappa shape index (κ2) is 4.93. The standard InChI is InChI=1S/C9H12ClN3O2/c1-4-15-8(14)7-6(13(2)3)5-11-9(10)12-7/h5H,4H2,1-3H3. The van der Waals surface area contributed by atoms with Gasteiger partial charge in [0, 0.05) is 14.1 Å². The van der Waals surface area contributed by atoms with Crippen LogP contribution in [-0.2, 0) is 4.74 Å². The van der Waals surface area contributed by atoms with Crippen LogP contribution in [-0.4, -0.2) is 36.6 Å². The number of ether oxygens (including phenoxy) is 1. The van der Waals surface area contributed by atoms with E-state index in [1.54, 1.807) is 25.9 Å². The van der Waals surface area contributed by atoms with Crippen molar-refractivity contribution < 1.29 is 9.53 Å². The number of halogens is 1. The molecule has 15 heavy (non-hydrogen) atoms. The van der Waals surface area contributed by atoms with Crippen LogP contribution < -0.4 is 4.90 Å². The lowest BCUT2D eigenvalue weighted by atomic mass is 10.3. The van der Waals surface area contributed by atoms with Crippen molar-refractivity contribution in [2.75, 3.05) is 25.6 Å². The Kier molecular flexibility index (Phi) is 3.85. The van der Waals surface area contributed by atoms with E-state index in [-0.39, 0.29) is 11.0 Å². The number of anilines is 1. The summed E-state index contributed by atoms with van der Waals surface area (Å²) in [6.07, 6.45) is 1.49. The number of carbonyl (C=O) groups is 1. The molecule has 0 radical (unpaired) electrons. The second-order valence-corrected chi connectivity index (χ2v) is 3.33. The maximum absolute atomic E-state index is 11.5. The summed E-state index contributed by atoms with van der Waals surface area (Å²) < 4.78 is 4.86. The highest BCUT2D eigenvalue weighted by atomic mass is 35.5. The average Bonchev–Trinajstić information content (AvgIpc) is 2.17. The predicted molar refractivity (Wildman–Crippen MR) is 57.3 cm³/mol. The monoisotopic (exact) mass is 229 g/mol. The molecule has 1 aromatic heterocycles. The zero-order valence-corrected chi connectivity index (χ0v) is 9.58. The number of rotatable bonds is 3. The molecule has 0 saturated heterocycles. The summed E-state index contributed by atoms with van der Waals surface area (Å²) >= 11 is 5.62. The topological polar surface area (TPSA) is 55.3 Å². The quantitative estimate of drug-likeness (QED) is 0.579. The molecule has 1 heterocycles. The Hall–Kier alpha value is -1.36. The zero-order valence-electron chi connectivity index (χ0n) is 8.82. The lowest BCUT2D eigenvalue weighted by molar-refractivity contribution is 0.0520. The summed E-state index contributed by atoms with van der Waals surface area (Å²) in [4.78, 5) is 20.9. The van der Waals surface area contributed by atoms with Crippen molar-refractivity contribution in [1.29, 1.82) is 0 Å². The predicted octanol–water partition coefficient (Wildman–Crippen LogP) is 1.37. The molecule has 1 aromatic rings. The molecule has 0 bridgehead atoms. The first kappa shape index (κ1) is 11.7. The molecular weight excluding hydrogens is 218 g/mol. The smallest absolute Gasteiger partial charge is 0.359 e. The third kappa shape index (κ3) is 2.79. The van der Waals surface area contributed by atoms with E-state index in [0.717, 1.165) is 0 Å². The van der Waals surface area contributed by atoms with Crippen molar-refractivity contribution in [2.24, 2.45) is 0 Å². The van der Waals surface area contributed by atoms with Gasteiger partial charge in [0.25, 0.3) is 0 Å². The first-order valence-electron chi connectivity index (χ1n) is 4.43. The number of carbonyl (C=O) groups excluding carboxylic acids is 1. The Morgan fingerprint density at radius 3 is 2.80 bits per heavy atom. The molecule has 0 N–H and O–H groups in total. The van der Waals surface area contributed by atoms with Crippen molar-refractivity contribution in [3.8, 4) is 0 Å². The Bertz CT molecular complexity index is 368. The van der Waals surface area contributed by atoms with Crippen molar-refractivity contribution in [3.05, 3.63) is 17.2 Å². The van der Waals surface area contributed by atoms with Crippen LogP contribution in [0.1, 0.15) is 17.4 Å². The van der Waals surface area contributed by atoms with Gasteiger partial charge in [-0.3, -0.25) is 0 Å². The third-order valence-corrected chi connectivity index (χ3v) is 1.87. The van der Waals surface area contributed by atoms with Crippen molar-refractivity contribution in [1.82, 2.24) is 9.97 Å². The number of hydrogen-bond donors (Lipinski definition) is 0. The maximum atomic E-state index is 11.5. The highest BCUT2D eigenvalue weighted by molar-refractivity contribution is 6.28. The van der Waals surface area contributed by atoms with Gasteiger partial charge in [0.15, 0.2) is 5.69 Å². The molecule has 0 fully saturated rings. The summed E-state index contributed by atoms with van der Waals surface area (Å²) in [5.41, 5.74) is 0.764. The third-order valence-electron chi connectivity index (χ3n) is 1.69. The molecule has 0 aliphatic heterocycles. The van der Waals surface area contributed by atoms with Crippen molar-refractivity contribution >= 4 is 23.3 Å². The van der Waals surface area contributed by atoms with Gasteiger partial charge < -0.3 is 9.64 Å². The zero-order chi connectivity index (χ0) is 11.4. The fourth-order valence-corrected chi connectivity index (χ4v) is 1.16. The second-order valence-electron chi connectivity index (χ2n) is 2.99. The van der Waals surface area contributed by atoms with Crippen LogP contribution in [0.2, 0.25) is 5.28 Å². The van der Waals surface area contributed by atoms with Gasteiger partial charge in [0.2, 0.25) is 5.28 Å². The molecule has 0 spiro atoms. The van der Waals surface area contributed by atoms with Gasteiger partial charge in [-0.2, -0.15) is 0 Å². The van der Waals surface area contributed by atoms with Gasteiger partial charge in [0.1, 0.15) is 0 Å². The average molecular weight is 230 g/mol. The SMILES string of the molecule is CCOC(=O)c1nc(Cl)ncc1N(C)C. The molecule has 0 aliphatic carbocycles. The van der Waals surface area contributed by atoms with Gasteiger partial charge in [-0.25, -0.2) is 14.8 Å². The minimum Gasteiger partial charge on any atom is -0.461 e. The number of nitrogens with zero attached hydrogens (tertiary/aromatic N) is 3. The molecule has 0 aromatic carbocycles. The van der Waals surface area contributed by atoms with Crippen LogP contribution in [0.4, 0.5) is 5.69 Å². The van der Waals surface area contributed by atoms with Gasteiger partial charge in [-0.15, -0.1) is 0 Å². The minimum absolute atomic E-state index is 0.0312. The number of esters is 1. The molecule has 82 valence electrons. The molecule has 0 unspecified atom stereocenters. The first-order chi connectivity index (χ1) is 7.06. The van der Waals surface area contributed by atoms with E-state index in [0.29, 0.717) is 12.3 Å². The molecule has 0 atom stereocenters. The summed E-state index contributed by atoms with van der Waals surface area (Å²) in [7, 11) is 3.57. The largest absolute Gasteiger partial charge is 0.461 e. The Morgan fingerprint density at radius 1 is 1.60 bits per heavy atom. The van der Waals surface area contributed by atoms with E-state index in [1.807, 2.05) is 0 Å². The van der Waals surface area contributed by atoms with Crippen LogP contribution >= 0.6 is 11.6 Å². The summed E-state index contributed by atoms with van der Waals surface area (Å²) in [6, 6.07) is 0. The van der Waals surface area contributed by atoms with E-state index in [2.05, 4.69) is 9.97 Å². The Balaban J connectivity index is 3.12. The lowest BCUT2D eigenvalue weighted by Gasteiger charge is -2.14.